The summed E-state index contributed by atoms with van der Waals surface area (Å²) in [6.45, 7) is 0. The Labute approximate surface area is 126 Å². The minimum absolute atomic E-state index is 0.0881. The van der Waals surface area contributed by atoms with Gasteiger partial charge in [0.2, 0.25) is 0 Å². The van der Waals surface area contributed by atoms with Gasteiger partial charge in [0, 0.05) is 17.3 Å². The number of benzene rings is 2. The van der Waals surface area contributed by atoms with Crippen molar-refractivity contribution < 1.29 is 18.3 Å². The molecule has 2 aromatic carbocycles. The molecule has 0 saturated carbocycles. The van der Waals surface area contributed by atoms with E-state index in [0.29, 0.717) is 5.02 Å². The van der Waals surface area contributed by atoms with Crippen molar-refractivity contribution in [2.24, 2.45) is 0 Å². The van der Waals surface area contributed by atoms with E-state index in [1.807, 2.05) is 0 Å². The van der Waals surface area contributed by atoms with Crippen molar-refractivity contribution in [3.8, 4) is 17.2 Å². The molecule has 2 rings (SSSR count). The minimum atomic E-state index is -3.34. The highest BCUT2D eigenvalue weighted by Gasteiger charge is 2.12. The van der Waals surface area contributed by atoms with Crippen molar-refractivity contribution in [3.05, 3.63) is 46.4 Å². The van der Waals surface area contributed by atoms with Gasteiger partial charge in [-0.05, 0) is 30.3 Å². The lowest BCUT2D eigenvalue weighted by molar-refractivity contribution is 0.411. The lowest BCUT2D eigenvalue weighted by Gasteiger charge is -2.10. The molecule has 0 fully saturated rings. The standard InChI is InChI=1S/C13H10Cl2O4S/c1-20(17,18)9-3-5-12(10(15)7-9)19-13-6-8(14)2-4-11(13)16/h2-7,16H,1H3. The molecule has 0 amide bonds. The zero-order valence-electron chi connectivity index (χ0n) is 10.3. The van der Waals surface area contributed by atoms with Crippen molar-refractivity contribution in [2.45, 2.75) is 4.90 Å². The number of phenolic OH excluding ortho intramolecular Hbond substituents is 1. The smallest absolute Gasteiger partial charge is 0.175 e. The van der Waals surface area contributed by atoms with Crippen molar-refractivity contribution in [1.82, 2.24) is 0 Å². The molecule has 0 unspecified atom stereocenters. The largest absolute Gasteiger partial charge is 0.504 e. The molecule has 0 aliphatic carbocycles. The predicted octanol–water partition coefficient (Wildman–Crippen LogP) is 3.89. The highest BCUT2D eigenvalue weighted by molar-refractivity contribution is 7.90. The second-order valence-corrected chi connectivity index (χ2v) is 6.94. The summed E-state index contributed by atoms with van der Waals surface area (Å²) in [4.78, 5) is 0.0881. The van der Waals surface area contributed by atoms with Gasteiger partial charge in [-0.2, -0.15) is 0 Å². The summed E-state index contributed by atoms with van der Waals surface area (Å²) >= 11 is 11.8. The molecule has 0 heterocycles. The van der Waals surface area contributed by atoms with Crippen LogP contribution in [0.3, 0.4) is 0 Å². The number of hydrogen-bond acceptors (Lipinski definition) is 4. The number of sulfone groups is 1. The average Bonchev–Trinajstić information content (AvgIpc) is 2.35. The fourth-order valence-corrected chi connectivity index (χ4v) is 2.58. The molecule has 0 aromatic heterocycles. The molecule has 0 aliphatic heterocycles. The summed E-state index contributed by atoms with van der Waals surface area (Å²) < 4.78 is 28.2. The molecule has 20 heavy (non-hydrogen) atoms. The molecule has 0 saturated heterocycles. The lowest BCUT2D eigenvalue weighted by Crippen LogP contribution is -1.97. The highest BCUT2D eigenvalue weighted by atomic mass is 35.5. The third-order valence-corrected chi connectivity index (χ3v) is 4.11. The predicted molar refractivity (Wildman–Crippen MR) is 77.8 cm³/mol. The zero-order chi connectivity index (χ0) is 14.9. The van der Waals surface area contributed by atoms with Crippen molar-refractivity contribution in [1.29, 1.82) is 0 Å². The van der Waals surface area contributed by atoms with Gasteiger partial charge in [0.15, 0.2) is 21.3 Å². The molecule has 4 nitrogen and oxygen atoms in total. The Kier molecular flexibility index (Phi) is 4.13. The normalized spacial score (nSPS) is 11.3. The van der Waals surface area contributed by atoms with Crippen LogP contribution < -0.4 is 4.74 Å². The van der Waals surface area contributed by atoms with Crippen molar-refractivity contribution in [2.75, 3.05) is 6.26 Å². The van der Waals surface area contributed by atoms with Crippen LogP contribution >= 0.6 is 23.2 Å². The van der Waals surface area contributed by atoms with Crippen LogP contribution in [-0.2, 0) is 9.84 Å². The van der Waals surface area contributed by atoms with Crippen molar-refractivity contribution >= 4 is 33.0 Å². The first kappa shape index (κ1) is 15.0. The average molecular weight is 333 g/mol. The summed E-state index contributed by atoms with van der Waals surface area (Å²) in [5, 5.41) is 10.2. The monoisotopic (exact) mass is 332 g/mol. The quantitative estimate of drug-likeness (QED) is 0.925. The molecule has 0 radical (unpaired) electrons. The van der Waals surface area contributed by atoms with Crippen LogP contribution in [0.25, 0.3) is 0 Å². The van der Waals surface area contributed by atoms with E-state index in [9.17, 15) is 13.5 Å². The van der Waals surface area contributed by atoms with Gasteiger partial charge >= 0.3 is 0 Å². The van der Waals surface area contributed by atoms with Gasteiger partial charge in [0.05, 0.1) is 9.92 Å². The number of ether oxygens (including phenoxy) is 1. The van der Waals surface area contributed by atoms with Gasteiger partial charge in [-0.3, -0.25) is 0 Å². The third kappa shape index (κ3) is 3.36. The van der Waals surface area contributed by atoms with E-state index in [0.717, 1.165) is 6.26 Å². The molecular weight excluding hydrogens is 323 g/mol. The van der Waals surface area contributed by atoms with Gasteiger partial charge < -0.3 is 9.84 Å². The summed E-state index contributed by atoms with van der Waals surface area (Å²) in [5.41, 5.74) is 0. The first-order valence-electron chi connectivity index (χ1n) is 5.43. The van der Waals surface area contributed by atoms with Crippen LogP contribution in [0.1, 0.15) is 0 Å². The number of rotatable bonds is 3. The molecule has 0 bridgehead atoms. The number of halogens is 2. The van der Waals surface area contributed by atoms with Crippen LogP contribution in [0.5, 0.6) is 17.2 Å². The van der Waals surface area contributed by atoms with Crippen LogP contribution in [-0.4, -0.2) is 19.8 Å². The van der Waals surface area contributed by atoms with Gasteiger partial charge in [0.1, 0.15) is 5.75 Å². The molecule has 2 aromatic rings. The SMILES string of the molecule is CS(=O)(=O)c1ccc(Oc2cc(Cl)ccc2O)c(Cl)c1. The fourth-order valence-electron chi connectivity index (χ4n) is 1.48. The Morgan fingerprint density at radius 2 is 1.75 bits per heavy atom. The van der Waals surface area contributed by atoms with Crippen LogP contribution in [0, 0.1) is 0 Å². The third-order valence-electron chi connectivity index (χ3n) is 2.47. The van der Waals surface area contributed by atoms with Crippen LogP contribution in [0.15, 0.2) is 41.3 Å². The molecule has 7 heteroatoms. The lowest BCUT2D eigenvalue weighted by atomic mass is 10.3. The van der Waals surface area contributed by atoms with Gasteiger partial charge in [-0.1, -0.05) is 23.2 Å². The summed E-state index contributed by atoms with van der Waals surface area (Å²) in [6, 6.07) is 8.40. The van der Waals surface area contributed by atoms with Gasteiger partial charge in [0.25, 0.3) is 0 Å². The highest BCUT2D eigenvalue weighted by Crippen LogP contribution is 2.36. The Morgan fingerprint density at radius 3 is 2.35 bits per heavy atom. The first-order valence-corrected chi connectivity index (χ1v) is 8.08. The molecule has 1 N–H and O–H groups in total. The van der Waals surface area contributed by atoms with Gasteiger partial charge in [-0.25, -0.2) is 8.42 Å². The van der Waals surface area contributed by atoms with Gasteiger partial charge in [-0.15, -0.1) is 0 Å². The maximum absolute atomic E-state index is 11.4. The van der Waals surface area contributed by atoms with E-state index in [4.69, 9.17) is 27.9 Å². The maximum atomic E-state index is 11.4. The Morgan fingerprint density at radius 1 is 1.05 bits per heavy atom. The first-order chi connectivity index (χ1) is 9.27. The molecule has 0 aliphatic rings. The van der Waals surface area contributed by atoms with E-state index in [1.54, 1.807) is 0 Å². The maximum Gasteiger partial charge on any atom is 0.175 e. The number of aromatic hydroxyl groups is 1. The van der Waals surface area contributed by atoms with E-state index in [1.165, 1.54) is 36.4 Å². The van der Waals surface area contributed by atoms with Crippen molar-refractivity contribution in [3.63, 3.8) is 0 Å². The Bertz CT molecular complexity index is 757. The zero-order valence-corrected chi connectivity index (χ0v) is 12.6. The Hall–Kier alpha value is -1.43. The minimum Gasteiger partial charge on any atom is -0.504 e. The van der Waals surface area contributed by atoms with Crippen LogP contribution in [0.4, 0.5) is 0 Å². The van der Waals surface area contributed by atoms with E-state index < -0.39 is 9.84 Å². The molecular formula is C13H10Cl2O4S. The molecule has 0 spiro atoms. The van der Waals surface area contributed by atoms with E-state index in [2.05, 4.69) is 0 Å². The topological polar surface area (TPSA) is 63.6 Å². The number of phenols is 1. The number of hydrogen-bond donors (Lipinski definition) is 1. The summed E-state index contributed by atoms with van der Waals surface area (Å²) in [7, 11) is -3.34. The summed E-state index contributed by atoms with van der Waals surface area (Å²) in [5.74, 6) is 0.251. The Balaban J connectivity index is 2.38. The van der Waals surface area contributed by atoms with Crippen LogP contribution in [0.2, 0.25) is 10.0 Å². The van der Waals surface area contributed by atoms with E-state index in [-0.39, 0.29) is 27.2 Å². The second-order valence-electron chi connectivity index (χ2n) is 4.08. The fraction of sp³-hybridized carbons (Fsp3) is 0.0769. The summed E-state index contributed by atoms with van der Waals surface area (Å²) in [6.07, 6.45) is 1.09. The molecule has 0 atom stereocenters. The second kappa shape index (κ2) is 5.52. The van der Waals surface area contributed by atoms with E-state index >= 15 is 0 Å². The molecule has 106 valence electrons.